The van der Waals surface area contributed by atoms with Crippen molar-refractivity contribution >= 4 is 17.7 Å². The second-order valence-electron chi connectivity index (χ2n) is 3.59. The monoisotopic (exact) mass is 264 g/mol. The van der Waals surface area contributed by atoms with E-state index in [1.807, 2.05) is 6.92 Å². The first kappa shape index (κ1) is 14.5. The molecule has 1 N–H and O–H groups in total. The largest absolute Gasteiger partial charge is 0.478 e. The van der Waals surface area contributed by atoms with Gasteiger partial charge in [-0.3, -0.25) is 0 Å². The highest BCUT2D eigenvalue weighted by Crippen LogP contribution is 2.23. The van der Waals surface area contributed by atoms with Crippen molar-refractivity contribution in [2.45, 2.75) is 38.6 Å². The Labute approximate surface area is 111 Å². The zero-order valence-corrected chi connectivity index (χ0v) is 11.6. The summed E-state index contributed by atoms with van der Waals surface area (Å²) in [5.41, 5.74) is 0.736. The molecule has 0 saturated heterocycles. The Hall–Kier alpha value is -1.54. The van der Waals surface area contributed by atoms with Gasteiger partial charge in [0.25, 0.3) is 0 Å². The average Bonchev–Trinajstić information content (AvgIpc) is 2.33. The van der Waals surface area contributed by atoms with Crippen LogP contribution in [0.15, 0.2) is 5.03 Å². The summed E-state index contributed by atoms with van der Waals surface area (Å²) in [7, 11) is 0. The Bertz CT molecular complexity index is 504. The average molecular weight is 264 g/mol. The number of carboxylic acids is 1. The van der Waals surface area contributed by atoms with Crippen molar-refractivity contribution in [2.75, 3.05) is 5.75 Å². The van der Waals surface area contributed by atoms with E-state index in [1.54, 1.807) is 13.8 Å². The summed E-state index contributed by atoms with van der Waals surface area (Å²) < 4.78 is 0. The van der Waals surface area contributed by atoms with Crippen molar-refractivity contribution in [1.82, 2.24) is 9.97 Å². The summed E-state index contributed by atoms with van der Waals surface area (Å²) >= 11 is 1.42. The highest BCUT2D eigenvalue weighted by molar-refractivity contribution is 7.99. The van der Waals surface area contributed by atoms with E-state index in [0.717, 1.165) is 12.2 Å². The van der Waals surface area contributed by atoms with Crippen molar-refractivity contribution in [3.8, 4) is 11.8 Å². The van der Waals surface area contributed by atoms with Crippen molar-refractivity contribution in [3.63, 3.8) is 0 Å². The molecule has 1 rings (SSSR count). The molecular formula is C13H16N2O2S. The summed E-state index contributed by atoms with van der Waals surface area (Å²) in [5, 5.41) is 9.74. The molecule has 0 saturated carbocycles. The lowest BCUT2D eigenvalue weighted by atomic mass is 10.2. The van der Waals surface area contributed by atoms with Crippen molar-refractivity contribution in [3.05, 3.63) is 17.1 Å². The molecule has 0 aliphatic heterocycles. The van der Waals surface area contributed by atoms with Gasteiger partial charge in [-0.05, 0) is 13.8 Å². The van der Waals surface area contributed by atoms with E-state index in [-0.39, 0.29) is 5.56 Å². The van der Waals surface area contributed by atoms with Gasteiger partial charge in [-0.25, -0.2) is 14.8 Å². The van der Waals surface area contributed by atoms with Crippen LogP contribution in [-0.4, -0.2) is 26.8 Å². The molecule has 0 unspecified atom stereocenters. The van der Waals surface area contributed by atoms with Crippen LogP contribution in [0, 0.1) is 18.8 Å². The van der Waals surface area contributed by atoms with Gasteiger partial charge < -0.3 is 5.11 Å². The lowest BCUT2D eigenvalue weighted by Crippen LogP contribution is -2.09. The minimum Gasteiger partial charge on any atom is -0.478 e. The van der Waals surface area contributed by atoms with E-state index >= 15 is 0 Å². The normalized spacial score (nSPS) is 9.72. The topological polar surface area (TPSA) is 63.1 Å². The number of thioether (sulfide) groups is 1. The molecule has 0 aromatic carbocycles. The lowest BCUT2D eigenvalue weighted by molar-refractivity contribution is 0.0690. The number of aryl methyl sites for hydroxylation is 2. The molecule has 96 valence electrons. The van der Waals surface area contributed by atoms with Crippen molar-refractivity contribution in [2.24, 2.45) is 0 Å². The number of nitrogens with zero attached hydrogens (tertiary/aromatic N) is 2. The second-order valence-corrected chi connectivity index (χ2v) is 4.67. The van der Waals surface area contributed by atoms with Gasteiger partial charge >= 0.3 is 5.97 Å². The Morgan fingerprint density at radius 1 is 1.44 bits per heavy atom. The van der Waals surface area contributed by atoms with Gasteiger partial charge in [0, 0.05) is 18.6 Å². The molecule has 0 spiro atoms. The van der Waals surface area contributed by atoms with Gasteiger partial charge in [-0.2, -0.15) is 0 Å². The fourth-order valence-corrected chi connectivity index (χ4v) is 2.38. The zero-order valence-electron chi connectivity index (χ0n) is 10.8. The van der Waals surface area contributed by atoms with E-state index in [9.17, 15) is 9.90 Å². The maximum Gasteiger partial charge on any atom is 0.340 e. The predicted molar refractivity (Wildman–Crippen MR) is 71.9 cm³/mol. The molecule has 0 aliphatic rings. The number of carboxylic acid groups (broad SMARTS) is 1. The number of aromatic nitrogens is 2. The Morgan fingerprint density at radius 2 is 2.17 bits per heavy atom. The standard InChI is InChI=1S/C13H16N2O2S/c1-4-6-7-8-18-12-11(13(16)17)9(3)14-10(5-2)15-12/h5,7-8H2,1-3H3,(H,16,17). The molecular weight excluding hydrogens is 248 g/mol. The molecule has 4 nitrogen and oxygen atoms in total. The third-order valence-corrected chi connectivity index (χ3v) is 3.25. The first-order valence-electron chi connectivity index (χ1n) is 5.73. The van der Waals surface area contributed by atoms with Crippen LogP contribution in [0.25, 0.3) is 0 Å². The lowest BCUT2D eigenvalue weighted by Gasteiger charge is -2.08. The molecule has 0 amide bonds. The summed E-state index contributed by atoms with van der Waals surface area (Å²) in [6, 6.07) is 0. The molecule has 1 aromatic rings. The minimum absolute atomic E-state index is 0.210. The summed E-state index contributed by atoms with van der Waals surface area (Å²) in [6.45, 7) is 5.45. The summed E-state index contributed by atoms with van der Waals surface area (Å²) in [6.07, 6.45) is 1.42. The van der Waals surface area contributed by atoms with Gasteiger partial charge in [-0.1, -0.05) is 6.92 Å². The van der Waals surface area contributed by atoms with Crippen molar-refractivity contribution < 1.29 is 9.90 Å². The number of aromatic carboxylic acids is 1. The van der Waals surface area contributed by atoms with E-state index < -0.39 is 5.97 Å². The quantitative estimate of drug-likeness (QED) is 0.383. The van der Waals surface area contributed by atoms with E-state index in [4.69, 9.17) is 0 Å². The third kappa shape index (κ3) is 3.74. The molecule has 0 aliphatic carbocycles. The first-order chi connectivity index (χ1) is 8.60. The van der Waals surface area contributed by atoms with Crippen LogP contribution in [0.5, 0.6) is 0 Å². The molecule has 0 bridgehead atoms. The maximum atomic E-state index is 11.2. The summed E-state index contributed by atoms with van der Waals surface area (Å²) in [4.78, 5) is 19.7. The smallest absolute Gasteiger partial charge is 0.340 e. The number of carbonyl (C=O) groups is 1. The highest BCUT2D eigenvalue weighted by atomic mass is 32.2. The highest BCUT2D eigenvalue weighted by Gasteiger charge is 2.17. The van der Waals surface area contributed by atoms with Crippen LogP contribution >= 0.6 is 11.8 Å². The van der Waals surface area contributed by atoms with Gasteiger partial charge in [0.2, 0.25) is 0 Å². The number of rotatable bonds is 5. The third-order valence-electron chi connectivity index (χ3n) is 2.28. The van der Waals surface area contributed by atoms with Crippen LogP contribution in [0.1, 0.15) is 42.1 Å². The van der Waals surface area contributed by atoms with Crippen LogP contribution in [0.3, 0.4) is 0 Å². The predicted octanol–water partition coefficient (Wildman–Crippen LogP) is 2.55. The zero-order chi connectivity index (χ0) is 13.5. The SMILES string of the molecule is CC#CCCSc1nc(CC)nc(C)c1C(=O)O. The van der Waals surface area contributed by atoms with Crippen molar-refractivity contribution in [1.29, 1.82) is 0 Å². The van der Waals surface area contributed by atoms with Crippen LogP contribution in [0.4, 0.5) is 0 Å². The van der Waals surface area contributed by atoms with Gasteiger partial charge in [0.15, 0.2) is 0 Å². The van der Waals surface area contributed by atoms with E-state index in [0.29, 0.717) is 23.0 Å². The molecule has 0 fully saturated rings. The summed E-state index contributed by atoms with van der Waals surface area (Å²) in [5.74, 6) is 6.21. The Kier molecular flexibility index (Phi) is 5.66. The maximum absolute atomic E-state index is 11.2. The first-order valence-corrected chi connectivity index (χ1v) is 6.71. The minimum atomic E-state index is -0.973. The Morgan fingerprint density at radius 3 is 2.72 bits per heavy atom. The number of hydrogen-bond donors (Lipinski definition) is 1. The molecule has 1 heterocycles. The molecule has 0 radical (unpaired) electrons. The fourth-order valence-electron chi connectivity index (χ4n) is 1.43. The van der Waals surface area contributed by atoms with Gasteiger partial charge in [0.05, 0.1) is 5.69 Å². The van der Waals surface area contributed by atoms with Crippen LogP contribution < -0.4 is 0 Å². The molecule has 0 atom stereocenters. The van der Waals surface area contributed by atoms with Crippen LogP contribution in [0.2, 0.25) is 0 Å². The van der Waals surface area contributed by atoms with E-state index in [2.05, 4.69) is 21.8 Å². The van der Waals surface area contributed by atoms with E-state index in [1.165, 1.54) is 11.8 Å². The van der Waals surface area contributed by atoms with Gasteiger partial charge in [-0.15, -0.1) is 23.6 Å². The van der Waals surface area contributed by atoms with Gasteiger partial charge in [0.1, 0.15) is 16.4 Å². The molecule has 18 heavy (non-hydrogen) atoms. The van der Waals surface area contributed by atoms with Crippen LogP contribution in [-0.2, 0) is 6.42 Å². The second kappa shape index (κ2) is 7.02. The fraction of sp³-hybridized carbons (Fsp3) is 0.462. The molecule has 5 heteroatoms. The molecule has 1 aromatic heterocycles. The number of hydrogen-bond acceptors (Lipinski definition) is 4. The Balaban J connectivity index is 3.00.